The molecule has 1 fully saturated rings. The van der Waals surface area contributed by atoms with Crippen LogP contribution in [0.2, 0.25) is 0 Å². The first-order chi connectivity index (χ1) is 4.77. The summed E-state index contributed by atoms with van der Waals surface area (Å²) in [5.41, 5.74) is 0. The van der Waals surface area contributed by atoms with Crippen LogP contribution in [-0.4, -0.2) is 4.87 Å². The van der Waals surface area contributed by atoms with Crippen molar-refractivity contribution in [3.8, 4) is 0 Å². The smallest absolute Gasteiger partial charge is 0.0446 e. The van der Waals surface area contributed by atoms with Gasteiger partial charge >= 0.3 is 0 Å². The van der Waals surface area contributed by atoms with E-state index in [0.29, 0.717) is 0 Å². The summed E-state index contributed by atoms with van der Waals surface area (Å²) in [6.07, 6.45) is 8.55. The fourth-order valence-electron chi connectivity index (χ4n) is 1.75. The van der Waals surface area contributed by atoms with Gasteiger partial charge in [0.2, 0.25) is 0 Å². The summed E-state index contributed by atoms with van der Waals surface area (Å²) in [5.74, 6) is 0. The summed E-state index contributed by atoms with van der Waals surface area (Å²) < 4.78 is 0. The molecule has 0 heterocycles. The van der Waals surface area contributed by atoms with Crippen molar-refractivity contribution in [1.29, 1.82) is 0 Å². The first-order valence-corrected chi connectivity index (χ1v) is 4.63. The summed E-state index contributed by atoms with van der Waals surface area (Å²) in [5, 5.41) is 0. The lowest BCUT2D eigenvalue weighted by Gasteiger charge is -2.30. The van der Waals surface area contributed by atoms with E-state index in [2.05, 4.69) is 6.92 Å². The quantitative estimate of drug-likeness (QED) is 0.541. The maximum atomic E-state index is 6.34. The molecule has 1 saturated carbocycles. The molecule has 1 heteroatoms. The van der Waals surface area contributed by atoms with Crippen molar-refractivity contribution in [2.24, 2.45) is 0 Å². The number of hydrogen-bond acceptors (Lipinski definition) is 0. The largest absolute Gasteiger partial charge is 0.119 e. The Bertz CT molecular complexity index is 87.4. The number of halogens is 1. The zero-order valence-corrected chi connectivity index (χ0v) is 7.29. The van der Waals surface area contributed by atoms with E-state index in [9.17, 15) is 0 Å². The van der Waals surface area contributed by atoms with E-state index >= 15 is 0 Å². The second kappa shape index (κ2) is 3.61. The standard InChI is InChI=1S/C9H16Cl/c1-2-6-9(10)7-4-3-5-8-9/h1-8H2. The highest BCUT2D eigenvalue weighted by Gasteiger charge is 2.27. The molecule has 0 spiro atoms. The number of rotatable bonds is 2. The zero-order valence-electron chi connectivity index (χ0n) is 6.53. The van der Waals surface area contributed by atoms with Gasteiger partial charge in [-0.05, 0) is 19.3 Å². The monoisotopic (exact) mass is 159 g/mol. The van der Waals surface area contributed by atoms with Gasteiger partial charge in [-0.15, -0.1) is 11.6 Å². The Hall–Kier alpha value is 0.290. The Morgan fingerprint density at radius 2 is 1.80 bits per heavy atom. The van der Waals surface area contributed by atoms with Gasteiger partial charge in [0.15, 0.2) is 0 Å². The molecule has 0 unspecified atom stereocenters. The third-order valence-electron chi connectivity index (χ3n) is 2.37. The molecule has 0 aromatic rings. The predicted molar refractivity (Wildman–Crippen MR) is 46.3 cm³/mol. The van der Waals surface area contributed by atoms with Crippen molar-refractivity contribution in [1.82, 2.24) is 0 Å². The van der Waals surface area contributed by atoms with Crippen LogP contribution in [0.1, 0.15) is 44.9 Å². The summed E-state index contributed by atoms with van der Waals surface area (Å²) in [6, 6.07) is 0. The fourth-order valence-corrected chi connectivity index (χ4v) is 2.15. The Balaban J connectivity index is 2.32. The topological polar surface area (TPSA) is 0 Å². The molecule has 1 rings (SSSR count). The van der Waals surface area contributed by atoms with Crippen molar-refractivity contribution in [3.05, 3.63) is 6.92 Å². The minimum absolute atomic E-state index is 0.139. The maximum Gasteiger partial charge on any atom is 0.0446 e. The van der Waals surface area contributed by atoms with E-state index in [1.165, 1.54) is 32.1 Å². The Morgan fingerprint density at radius 1 is 1.20 bits per heavy atom. The van der Waals surface area contributed by atoms with E-state index in [0.717, 1.165) is 12.8 Å². The molecule has 0 aromatic carbocycles. The average molecular weight is 160 g/mol. The maximum absolute atomic E-state index is 6.34. The van der Waals surface area contributed by atoms with Gasteiger partial charge in [-0.2, -0.15) is 0 Å². The van der Waals surface area contributed by atoms with E-state index in [1.54, 1.807) is 0 Å². The summed E-state index contributed by atoms with van der Waals surface area (Å²) >= 11 is 6.34. The van der Waals surface area contributed by atoms with Crippen LogP contribution in [0.4, 0.5) is 0 Å². The zero-order chi connectivity index (χ0) is 7.45. The van der Waals surface area contributed by atoms with Crippen LogP contribution in [0.5, 0.6) is 0 Å². The molecule has 1 aliphatic carbocycles. The van der Waals surface area contributed by atoms with Gasteiger partial charge in [-0.1, -0.05) is 32.6 Å². The van der Waals surface area contributed by atoms with Gasteiger partial charge in [0.05, 0.1) is 0 Å². The molecule has 0 bridgehead atoms. The van der Waals surface area contributed by atoms with Gasteiger partial charge in [0.1, 0.15) is 0 Å². The van der Waals surface area contributed by atoms with Crippen LogP contribution < -0.4 is 0 Å². The molecule has 0 amide bonds. The molecule has 1 aliphatic rings. The van der Waals surface area contributed by atoms with Crippen LogP contribution in [0.15, 0.2) is 0 Å². The third kappa shape index (κ3) is 2.16. The molecule has 59 valence electrons. The van der Waals surface area contributed by atoms with E-state index in [1.807, 2.05) is 0 Å². The predicted octanol–water partition coefficient (Wildman–Crippen LogP) is 3.54. The summed E-state index contributed by atoms with van der Waals surface area (Å²) in [7, 11) is 0. The first kappa shape index (κ1) is 8.39. The van der Waals surface area contributed by atoms with Crippen molar-refractivity contribution in [2.75, 3.05) is 0 Å². The molecule has 0 nitrogen and oxygen atoms in total. The van der Waals surface area contributed by atoms with Crippen LogP contribution in [0.25, 0.3) is 0 Å². The van der Waals surface area contributed by atoms with Gasteiger partial charge in [0.25, 0.3) is 0 Å². The molecule has 0 saturated heterocycles. The highest BCUT2D eigenvalue weighted by molar-refractivity contribution is 6.23. The van der Waals surface area contributed by atoms with Crippen LogP contribution in [-0.2, 0) is 0 Å². The number of hydrogen-bond donors (Lipinski definition) is 0. The highest BCUT2D eigenvalue weighted by atomic mass is 35.5. The normalized spacial score (nSPS) is 24.6. The van der Waals surface area contributed by atoms with Crippen LogP contribution in [0, 0.1) is 6.92 Å². The lowest BCUT2D eigenvalue weighted by Crippen LogP contribution is -2.24. The lowest BCUT2D eigenvalue weighted by atomic mass is 9.85. The molecule has 1 radical (unpaired) electrons. The van der Waals surface area contributed by atoms with Crippen molar-refractivity contribution in [2.45, 2.75) is 49.8 Å². The van der Waals surface area contributed by atoms with Gasteiger partial charge in [-0.3, -0.25) is 0 Å². The van der Waals surface area contributed by atoms with Gasteiger partial charge in [-0.25, -0.2) is 0 Å². The van der Waals surface area contributed by atoms with Crippen molar-refractivity contribution >= 4 is 11.6 Å². The second-order valence-electron chi connectivity index (χ2n) is 3.32. The van der Waals surface area contributed by atoms with Crippen LogP contribution >= 0.6 is 11.6 Å². The molecular weight excluding hydrogens is 144 g/mol. The van der Waals surface area contributed by atoms with E-state index in [-0.39, 0.29) is 4.87 Å². The first-order valence-electron chi connectivity index (χ1n) is 4.25. The SMILES string of the molecule is [CH2]CCC1(Cl)CCCCC1. The van der Waals surface area contributed by atoms with Crippen LogP contribution in [0.3, 0.4) is 0 Å². The minimum Gasteiger partial charge on any atom is -0.119 e. The Kier molecular flexibility index (Phi) is 3.03. The highest BCUT2D eigenvalue weighted by Crippen LogP contribution is 2.37. The molecule has 0 aliphatic heterocycles. The minimum atomic E-state index is 0.139. The molecule has 0 aromatic heterocycles. The Labute approximate surface area is 69.0 Å². The second-order valence-corrected chi connectivity index (χ2v) is 4.12. The summed E-state index contributed by atoms with van der Waals surface area (Å²) in [6.45, 7) is 3.84. The molecule has 10 heavy (non-hydrogen) atoms. The average Bonchev–Trinajstić information content (AvgIpc) is 1.89. The summed E-state index contributed by atoms with van der Waals surface area (Å²) in [4.78, 5) is 0.139. The molecular formula is C9H16Cl. The lowest BCUT2D eigenvalue weighted by molar-refractivity contribution is 0.371. The van der Waals surface area contributed by atoms with Crippen molar-refractivity contribution < 1.29 is 0 Å². The van der Waals surface area contributed by atoms with E-state index < -0.39 is 0 Å². The van der Waals surface area contributed by atoms with E-state index in [4.69, 9.17) is 11.6 Å². The number of alkyl halides is 1. The third-order valence-corrected chi connectivity index (χ3v) is 2.94. The molecule has 0 atom stereocenters. The van der Waals surface area contributed by atoms with Gasteiger partial charge in [0, 0.05) is 4.87 Å². The van der Waals surface area contributed by atoms with Crippen molar-refractivity contribution in [3.63, 3.8) is 0 Å². The molecule has 0 N–H and O–H groups in total. The van der Waals surface area contributed by atoms with Gasteiger partial charge < -0.3 is 0 Å². The Morgan fingerprint density at radius 3 is 2.30 bits per heavy atom. The fraction of sp³-hybridized carbons (Fsp3) is 0.889.